The van der Waals surface area contributed by atoms with Crippen molar-refractivity contribution in [3.63, 3.8) is 0 Å². The number of rotatable bonds is 2. The third kappa shape index (κ3) is 2.82. The maximum Gasteiger partial charge on any atom is 0.126 e. The maximum absolute atomic E-state index is 13.6. The largest absolute Gasteiger partial charge is 0.319 e. The van der Waals surface area contributed by atoms with Gasteiger partial charge in [0.15, 0.2) is 0 Å². The Hall–Kier alpha value is -1.33. The van der Waals surface area contributed by atoms with Crippen molar-refractivity contribution in [1.29, 1.82) is 0 Å². The van der Waals surface area contributed by atoms with E-state index >= 15 is 0 Å². The highest BCUT2D eigenvalue weighted by molar-refractivity contribution is 7.05. The molecule has 102 valence electrons. The SMILES string of the molecule is Cc1ccc(C(N)c2snnc2C(C)(C)C)cc1F. The van der Waals surface area contributed by atoms with Gasteiger partial charge in [0.25, 0.3) is 0 Å². The van der Waals surface area contributed by atoms with Crippen LogP contribution in [0.4, 0.5) is 4.39 Å². The third-order valence-electron chi connectivity index (χ3n) is 3.06. The van der Waals surface area contributed by atoms with Crippen molar-refractivity contribution in [2.45, 2.75) is 39.2 Å². The molecule has 1 aromatic heterocycles. The first-order valence-electron chi connectivity index (χ1n) is 6.15. The van der Waals surface area contributed by atoms with E-state index in [1.807, 2.05) is 6.07 Å². The highest BCUT2D eigenvalue weighted by Gasteiger charge is 2.26. The Balaban J connectivity index is 2.42. The van der Waals surface area contributed by atoms with Crippen LogP contribution in [-0.2, 0) is 5.41 Å². The lowest BCUT2D eigenvalue weighted by Gasteiger charge is -2.19. The van der Waals surface area contributed by atoms with Gasteiger partial charge in [0.1, 0.15) is 5.82 Å². The summed E-state index contributed by atoms with van der Waals surface area (Å²) in [4.78, 5) is 0.899. The molecule has 0 saturated heterocycles. The van der Waals surface area contributed by atoms with Crippen LogP contribution in [0.25, 0.3) is 0 Å². The van der Waals surface area contributed by atoms with Crippen LogP contribution in [0.2, 0.25) is 0 Å². The van der Waals surface area contributed by atoms with Gasteiger partial charge in [0, 0.05) is 5.41 Å². The van der Waals surface area contributed by atoms with E-state index in [9.17, 15) is 4.39 Å². The summed E-state index contributed by atoms with van der Waals surface area (Å²) >= 11 is 1.28. The summed E-state index contributed by atoms with van der Waals surface area (Å²) in [6, 6.07) is 4.71. The summed E-state index contributed by atoms with van der Waals surface area (Å²) in [5.41, 5.74) is 8.37. The van der Waals surface area contributed by atoms with E-state index in [0.717, 1.165) is 16.1 Å². The monoisotopic (exact) mass is 279 g/mol. The molecule has 0 fully saturated rings. The molecule has 3 nitrogen and oxygen atoms in total. The Bertz CT molecular complexity index is 587. The summed E-state index contributed by atoms with van der Waals surface area (Å²) in [5, 5.41) is 4.17. The normalized spacial score (nSPS) is 13.6. The number of aromatic nitrogens is 2. The summed E-state index contributed by atoms with van der Waals surface area (Å²) in [6.07, 6.45) is 0. The minimum absolute atomic E-state index is 0.122. The number of aryl methyl sites for hydroxylation is 1. The standard InChI is InChI=1S/C14H18FN3S/c1-8-5-6-9(7-10(8)15)11(16)12-13(14(2,3)4)17-18-19-12/h5-7,11H,16H2,1-4H3. The minimum atomic E-state index is -0.385. The first-order valence-corrected chi connectivity index (χ1v) is 6.92. The van der Waals surface area contributed by atoms with Gasteiger partial charge in [0.05, 0.1) is 16.6 Å². The Morgan fingerprint density at radius 3 is 2.58 bits per heavy atom. The average Bonchev–Trinajstić information content (AvgIpc) is 2.80. The van der Waals surface area contributed by atoms with E-state index in [1.54, 1.807) is 13.0 Å². The lowest BCUT2D eigenvalue weighted by Crippen LogP contribution is -2.19. The second-order valence-corrected chi connectivity index (χ2v) is 6.51. The van der Waals surface area contributed by atoms with E-state index in [4.69, 9.17) is 5.73 Å². The smallest absolute Gasteiger partial charge is 0.126 e. The molecular weight excluding hydrogens is 261 g/mol. The molecule has 2 N–H and O–H groups in total. The number of halogens is 1. The van der Waals surface area contributed by atoms with E-state index in [-0.39, 0.29) is 17.3 Å². The van der Waals surface area contributed by atoms with E-state index in [2.05, 4.69) is 30.4 Å². The zero-order valence-corrected chi connectivity index (χ0v) is 12.4. The van der Waals surface area contributed by atoms with Crippen molar-refractivity contribution in [1.82, 2.24) is 9.59 Å². The molecule has 0 radical (unpaired) electrons. The Labute approximate surface area is 116 Å². The number of hydrogen-bond donors (Lipinski definition) is 1. The molecule has 1 unspecified atom stereocenters. The number of hydrogen-bond acceptors (Lipinski definition) is 4. The molecule has 19 heavy (non-hydrogen) atoms. The van der Waals surface area contributed by atoms with Crippen LogP contribution >= 0.6 is 11.5 Å². The number of nitrogens with two attached hydrogens (primary N) is 1. The van der Waals surface area contributed by atoms with Crippen molar-refractivity contribution < 1.29 is 4.39 Å². The van der Waals surface area contributed by atoms with Gasteiger partial charge >= 0.3 is 0 Å². The Kier molecular flexibility index (Phi) is 3.69. The summed E-state index contributed by atoms with van der Waals surface area (Å²) < 4.78 is 17.6. The quantitative estimate of drug-likeness (QED) is 0.917. The van der Waals surface area contributed by atoms with Crippen LogP contribution in [0.3, 0.4) is 0 Å². The van der Waals surface area contributed by atoms with Crippen LogP contribution in [0.15, 0.2) is 18.2 Å². The van der Waals surface area contributed by atoms with Gasteiger partial charge in [-0.1, -0.05) is 37.4 Å². The van der Waals surface area contributed by atoms with Gasteiger partial charge in [0.2, 0.25) is 0 Å². The van der Waals surface area contributed by atoms with Crippen LogP contribution in [0.1, 0.15) is 48.5 Å². The lowest BCUT2D eigenvalue weighted by molar-refractivity contribution is 0.556. The second-order valence-electron chi connectivity index (χ2n) is 5.72. The van der Waals surface area contributed by atoms with Crippen LogP contribution in [-0.4, -0.2) is 9.59 Å². The van der Waals surface area contributed by atoms with Crippen molar-refractivity contribution in [2.24, 2.45) is 5.73 Å². The molecule has 0 saturated carbocycles. The van der Waals surface area contributed by atoms with Gasteiger partial charge in [-0.15, -0.1) is 5.10 Å². The third-order valence-corrected chi connectivity index (χ3v) is 3.87. The first kappa shape index (κ1) is 14.1. The van der Waals surface area contributed by atoms with Gasteiger partial charge in [-0.25, -0.2) is 4.39 Å². The summed E-state index contributed by atoms with van der Waals surface area (Å²) in [6.45, 7) is 7.93. The van der Waals surface area contributed by atoms with Gasteiger partial charge in [-0.05, 0) is 35.6 Å². The fourth-order valence-electron chi connectivity index (χ4n) is 1.88. The number of nitrogens with zero attached hydrogens (tertiary/aromatic N) is 2. The zero-order valence-electron chi connectivity index (χ0n) is 11.6. The average molecular weight is 279 g/mol. The van der Waals surface area contributed by atoms with E-state index in [1.165, 1.54) is 17.6 Å². The fraction of sp³-hybridized carbons (Fsp3) is 0.429. The molecule has 2 rings (SSSR count). The molecule has 0 spiro atoms. The minimum Gasteiger partial charge on any atom is -0.319 e. The molecule has 2 aromatic rings. The molecule has 0 aliphatic carbocycles. The van der Waals surface area contributed by atoms with Gasteiger partial charge in [-0.2, -0.15) is 0 Å². The Morgan fingerprint density at radius 1 is 1.32 bits per heavy atom. The molecule has 5 heteroatoms. The Morgan fingerprint density at radius 2 is 2.00 bits per heavy atom. The summed E-state index contributed by atoms with van der Waals surface area (Å²) in [7, 11) is 0. The van der Waals surface area contributed by atoms with Gasteiger partial charge in [-0.3, -0.25) is 0 Å². The fourth-order valence-corrected chi connectivity index (χ4v) is 2.77. The molecule has 0 bridgehead atoms. The predicted molar refractivity (Wildman–Crippen MR) is 75.8 cm³/mol. The van der Waals surface area contributed by atoms with E-state index in [0.29, 0.717) is 5.56 Å². The maximum atomic E-state index is 13.6. The molecule has 1 atom stereocenters. The highest BCUT2D eigenvalue weighted by atomic mass is 32.1. The molecule has 1 aromatic carbocycles. The topological polar surface area (TPSA) is 51.8 Å². The van der Waals surface area contributed by atoms with Gasteiger partial charge < -0.3 is 5.73 Å². The highest BCUT2D eigenvalue weighted by Crippen LogP contribution is 2.32. The van der Waals surface area contributed by atoms with Crippen LogP contribution in [0, 0.1) is 12.7 Å². The first-order chi connectivity index (χ1) is 8.80. The molecule has 0 aliphatic rings. The molecular formula is C14H18FN3S. The van der Waals surface area contributed by atoms with Crippen molar-refractivity contribution >= 4 is 11.5 Å². The second kappa shape index (κ2) is 4.98. The zero-order chi connectivity index (χ0) is 14.2. The molecule has 0 aliphatic heterocycles. The number of benzene rings is 1. The predicted octanol–water partition coefficient (Wildman–Crippen LogP) is 3.33. The summed E-state index contributed by atoms with van der Waals surface area (Å²) in [5.74, 6) is -0.234. The van der Waals surface area contributed by atoms with Crippen molar-refractivity contribution in [3.8, 4) is 0 Å². The van der Waals surface area contributed by atoms with Crippen molar-refractivity contribution in [2.75, 3.05) is 0 Å². The van der Waals surface area contributed by atoms with Crippen LogP contribution < -0.4 is 5.73 Å². The molecule has 1 heterocycles. The van der Waals surface area contributed by atoms with E-state index < -0.39 is 0 Å². The van der Waals surface area contributed by atoms with Crippen LogP contribution in [0.5, 0.6) is 0 Å². The van der Waals surface area contributed by atoms with Crippen molar-refractivity contribution in [3.05, 3.63) is 45.7 Å². The lowest BCUT2D eigenvalue weighted by atomic mass is 9.89. The molecule has 0 amide bonds.